The minimum Gasteiger partial charge on any atom is -0.491 e. The molecule has 1 fully saturated rings. The van der Waals surface area contributed by atoms with Gasteiger partial charge in [-0.1, -0.05) is 12.1 Å². The Morgan fingerprint density at radius 1 is 0.789 bits per heavy atom. The van der Waals surface area contributed by atoms with Gasteiger partial charge in [0.2, 0.25) is 0 Å². The fraction of sp³-hybridized carbons (Fsp3) is 0.630. The van der Waals surface area contributed by atoms with Gasteiger partial charge in [0.25, 0.3) is 0 Å². The molecule has 38 heavy (non-hydrogen) atoms. The minimum absolute atomic E-state index is 0.106. The number of benzene rings is 1. The van der Waals surface area contributed by atoms with Gasteiger partial charge in [-0.05, 0) is 50.8 Å². The molecule has 2 rings (SSSR count). The lowest BCUT2D eigenvalue weighted by molar-refractivity contribution is -0.308. The molecular weight excluding hydrogens is 500 g/mol. The van der Waals surface area contributed by atoms with Crippen LogP contribution in [0.25, 0.3) is 0 Å². The van der Waals surface area contributed by atoms with Crippen LogP contribution < -0.4 is 4.74 Å². The minimum atomic E-state index is -1.24. The first-order valence-electron chi connectivity index (χ1n) is 12.6. The molecule has 0 saturated carbocycles. The van der Waals surface area contributed by atoms with Crippen LogP contribution in [0.5, 0.6) is 5.75 Å². The van der Waals surface area contributed by atoms with Crippen molar-refractivity contribution in [2.24, 2.45) is 0 Å². The average Bonchev–Trinajstić information content (AvgIpc) is 2.81. The molecule has 0 aromatic heterocycles. The van der Waals surface area contributed by atoms with Crippen molar-refractivity contribution in [2.45, 2.75) is 97.6 Å². The van der Waals surface area contributed by atoms with Gasteiger partial charge in [-0.3, -0.25) is 19.2 Å². The van der Waals surface area contributed by atoms with E-state index in [1.54, 1.807) is 0 Å². The monoisotopic (exact) mass is 538 g/mol. The second kappa shape index (κ2) is 15.3. The van der Waals surface area contributed by atoms with Crippen LogP contribution in [0.4, 0.5) is 0 Å². The van der Waals surface area contributed by atoms with E-state index < -0.39 is 54.6 Å². The van der Waals surface area contributed by atoms with Crippen molar-refractivity contribution in [3.05, 3.63) is 29.8 Å². The summed E-state index contributed by atoms with van der Waals surface area (Å²) in [7, 11) is 0. The Kier molecular flexibility index (Phi) is 12.5. The Labute approximate surface area is 223 Å². The highest BCUT2D eigenvalue weighted by Crippen LogP contribution is 2.30. The number of rotatable bonds is 13. The van der Waals surface area contributed by atoms with Crippen molar-refractivity contribution in [1.29, 1.82) is 0 Å². The third-order valence-corrected chi connectivity index (χ3v) is 5.39. The zero-order valence-electron chi connectivity index (χ0n) is 22.8. The van der Waals surface area contributed by atoms with E-state index in [4.69, 9.17) is 33.2 Å². The van der Waals surface area contributed by atoms with Gasteiger partial charge in [0.05, 0.1) is 6.10 Å². The van der Waals surface area contributed by atoms with Crippen LogP contribution >= 0.6 is 0 Å². The lowest BCUT2D eigenvalue weighted by Crippen LogP contribution is -2.63. The van der Waals surface area contributed by atoms with Gasteiger partial charge in [0.1, 0.15) is 18.5 Å². The third kappa shape index (κ3) is 10.7. The average molecular weight is 539 g/mol. The molecule has 0 spiro atoms. The molecule has 0 N–H and O–H groups in total. The molecule has 5 unspecified atom stereocenters. The molecule has 1 aromatic carbocycles. The molecule has 0 bridgehead atoms. The van der Waals surface area contributed by atoms with E-state index in [-0.39, 0.29) is 19.3 Å². The second-order valence-electron chi connectivity index (χ2n) is 9.21. The van der Waals surface area contributed by atoms with Crippen LogP contribution in [-0.2, 0) is 54.0 Å². The molecule has 0 aliphatic carbocycles. The number of esters is 4. The molecule has 1 heterocycles. The van der Waals surface area contributed by atoms with E-state index in [1.807, 2.05) is 38.1 Å². The first-order chi connectivity index (χ1) is 18.0. The number of hydrogen-bond donors (Lipinski definition) is 0. The largest absolute Gasteiger partial charge is 0.491 e. The van der Waals surface area contributed by atoms with Crippen molar-refractivity contribution in [3.63, 3.8) is 0 Å². The highest BCUT2D eigenvalue weighted by Gasteiger charge is 2.52. The number of unbranched alkanes of at least 4 members (excludes halogenated alkanes) is 1. The van der Waals surface area contributed by atoms with Crippen LogP contribution in [0.3, 0.4) is 0 Å². The number of aryl methyl sites for hydroxylation is 1. The van der Waals surface area contributed by atoms with Gasteiger partial charge in [0, 0.05) is 34.3 Å². The molecule has 0 radical (unpaired) electrons. The molecule has 1 aliphatic heterocycles. The quantitative estimate of drug-likeness (QED) is 0.208. The van der Waals surface area contributed by atoms with Gasteiger partial charge >= 0.3 is 23.9 Å². The van der Waals surface area contributed by atoms with E-state index in [0.29, 0.717) is 6.42 Å². The van der Waals surface area contributed by atoms with E-state index in [9.17, 15) is 19.2 Å². The summed E-state index contributed by atoms with van der Waals surface area (Å²) in [5.74, 6) is -1.82. The van der Waals surface area contributed by atoms with Crippen LogP contribution in [0.15, 0.2) is 24.3 Å². The molecule has 212 valence electrons. The van der Waals surface area contributed by atoms with Gasteiger partial charge < -0.3 is 33.2 Å². The standard InChI is InChI=1S/C27H38O11/c1-16(2)34-22-12-10-21(11-13-22)9-7-8-14-32-27-26(37-20(6)31)25(36-19(5)30)24(35-18(4)29)23(38-27)15-33-17(3)28/h10-13,16,23-27H,7-9,14-15H2,1-6H3. The van der Waals surface area contributed by atoms with Crippen LogP contribution in [0, 0.1) is 0 Å². The zero-order chi connectivity index (χ0) is 28.2. The maximum Gasteiger partial charge on any atom is 0.303 e. The Balaban J connectivity index is 2.08. The molecule has 1 saturated heterocycles. The Bertz CT molecular complexity index is 927. The predicted molar refractivity (Wildman–Crippen MR) is 133 cm³/mol. The molecule has 11 nitrogen and oxygen atoms in total. The highest BCUT2D eigenvalue weighted by molar-refractivity contribution is 5.68. The fourth-order valence-electron chi connectivity index (χ4n) is 3.96. The number of hydrogen-bond acceptors (Lipinski definition) is 11. The number of ether oxygens (including phenoxy) is 7. The maximum atomic E-state index is 11.9. The summed E-state index contributed by atoms with van der Waals surface area (Å²) in [6, 6.07) is 7.89. The van der Waals surface area contributed by atoms with Crippen LogP contribution in [-0.4, -0.2) is 73.9 Å². The maximum absolute atomic E-state index is 11.9. The first kappa shape index (κ1) is 31.0. The van der Waals surface area contributed by atoms with Crippen LogP contribution in [0.1, 0.15) is 59.9 Å². The summed E-state index contributed by atoms with van der Waals surface area (Å²) >= 11 is 0. The van der Waals surface area contributed by atoms with Gasteiger partial charge in [0.15, 0.2) is 24.6 Å². The Morgan fingerprint density at radius 3 is 1.92 bits per heavy atom. The van der Waals surface area contributed by atoms with Crippen molar-refractivity contribution < 1.29 is 52.3 Å². The van der Waals surface area contributed by atoms with Crippen molar-refractivity contribution in [3.8, 4) is 5.75 Å². The normalized spacial score (nSPS) is 22.9. The summed E-state index contributed by atoms with van der Waals surface area (Å²) in [4.78, 5) is 47.0. The molecule has 1 aromatic rings. The van der Waals surface area contributed by atoms with Crippen molar-refractivity contribution in [1.82, 2.24) is 0 Å². The first-order valence-corrected chi connectivity index (χ1v) is 12.6. The Hall–Kier alpha value is -3.18. The van der Waals surface area contributed by atoms with Crippen molar-refractivity contribution >= 4 is 23.9 Å². The molecule has 0 amide bonds. The van der Waals surface area contributed by atoms with Gasteiger partial charge in [-0.25, -0.2) is 0 Å². The molecular formula is C27H38O11. The Morgan fingerprint density at radius 2 is 1.37 bits per heavy atom. The van der Waals surface area contributed by atoms with E-state index in [1.165, 1.54) is 27.7 Å². The second-order valence-corrected chi connectivity index (χ2v) is 9.21. The zero-order valence-corrected chi connectivity index (χ0v) is 22.8. The smallest absolute Gasteiger partial charge is 0.303 e. The number of carbonyl (C=O) groups is 4. The van der Waals surface area contributed by atoms with Crippen molar-refractivity contribution in [2.75, 3.05) is 13.2 Å². The summed E-state index contributed by atoms with van der Waals surface area (Å²) in [6.07, 6.45) is -3.50. The lowest BCUT2D eigenvalue weighted by atomic mass is 9.98. The summed E-state index contributed by atoms with van der Waals surface area (Å²) in [5.41, 5.74) is 1.15. The highest BCUT2D eigenvalue weighted by atomic mass is 16.7. The molecule has 1 aliphatic rings. The molecule has 11 heteroatoms. The summed E-state index contributed by atoms with van der Waals surface area (Å²) < 4.78 is 38.7. The predicted octanol–water partition coefficient (Wildman–Crippen LogP) is 2.90. The van der Waals surface area contributed by atoms with E-state index in [2.05, 4.69) is 0 Å². The SMILES string of the molecule is CC(=O)OCC1OC(OCCCCc2ccc(OC(C)C)cc2)C(OC(C)=O)C(OC(C)=O)C1OC(C)=O. The third-order valence-electron chi connectivity index (χ3n) is 5.39. The molecule has 5 atom stereocenters. The lowest BCUT2D eigenvalue weighted by Gasteiger charge is -2.44. The van der Waals surface area contributed by atoms with E-state index >= 15 is 0 Å². The van der Waals surface area contributed by atoms with Gasteiger partial charge in [-0.2, -0.15) is 0 Å². The number of carbonyl (C=O) groups excluding carboxylic acids is 4. The fourth-order valence-corrected chi connectivity index (χ4v) is 3.96. The summed E-state index contributed by atoms with van der Waals surface area (Å²) in [5, 5.41) is 0. The summed E-state index contributed by atoms with van der Waals surface area (Å²) in [6.45, 7) is 8.62. The van der Waals surface area contributed by atoms with Crippen LogP contribution in [0.2, 0.25) is 0 Å². The topological polar surface area (TPSA) is 133 Å². The van der Waals surface area contributed by atoms with E-state index in [0.717, 1.165) is 24.2 Å². The van der Waals surface area contributed by atoms with Gasteiger partial charge in [-0.15, -0.1) is 0 Å².